The number of pyridine rings is 4. The minimum absolute atomic E-state index is 0. The molecule has 0 radical (unpaired) electrons. The van der Waals surface area contributed by atoms with Crippen molar-refractivity contribution < 1.29 is 198 Å². The van der Waals surface area contributed by atoms with Gasteiger partial charge < -0.3 is 37.7 Å². The van der Waals surface area contributed by atoms with E-state index in [0.29, 0.717) is 118 Å². The standard InChI is InChI=1S/C28H27N5O3.2C27H24N6O2.C27H22N6O2.C2H6.53H2/c1-15(33-35)12-23(34)24-20-8-9-21-16(2)25-17(14-30-36-25)13-28(21,3)26(20)32-27(31-24)19-10-11-29-22-7-5-4-6-18(19)22;1-14-20-9-8-19-22(26-30-15(2)33-35-26)31-25(18-10-11-28-21-7-5-4-6-17(18)21)32-24(19)27(20,3)12-16-13-29-34-23(14)16;2*1-14-19-10-9-18-22(26-30-15(2)33-35-26)31-25(17-11-12-29-20-8-6-5-7-16(17)20)32-24(18)27(19,3)13-21(28-4)23(14)34;1-2;;;;;;;;;;;;;;;;;;;;;;;;;;;;;;;;;;;;;;;;;;;;;;;;;;;;;/h4-7,10-11,14,16,21,35H,8-9,12-13H2,1-3H3;4-7,10-11,13-14,20H,8-9,12H2,1-3H3;5-8,11-12,14,19,34H,9-10,13H2,1-3H3;5-8,11-14,19H,9-10H2,1-3H3;1-2H3;53*1H/b33-15-;;;;;;;;;;;;;;;;;;;;;;;;;;;;;;;;;;;;;;;;;;;;;;;;;;;;;;;;;/t16-,21-,28-;14-,20-,27-;2*14-,19-,27-;;;;;;;;;;;;;;;;;;;;;;;;;;;;;;;;;;;;;;;;;;;;;;;;;;;;;;/m1111....................................................../s1/i;;;;;52*1+2T;1+2. The highest BCUT2D eigenvalue weighted by Gasteiger charge is 2.56. The number of aliphatic hydroxyl groups excluding tert-OH is 1. The maximum Gasteiger partial charge on any atom is 0.276 e. The fraction of sp³-hybridized carbons (Fsp3) is 0.342. The molecule has 25 rings (SSSR count). The van der Waals surface area contributed by atoms with E-state index < -0.39 is 10.8 Å². The first kappa shape index (κ1) is 50.7. The van der Waals surface area contributed by atoms with Crippen molar-refractivity contribution in [2.24, 2.45) is 40.7 Å². The van der Waals surface area contributed by atoms with Crippen molar-refractivity contribution in [3.63, 3.8) is 0 Å². The summed E-state index contributed by atoms with van der Waals surface area (Å²) in [5.74, 6) is 7.90. The molecule has 0 saturated heterocycles. The Morgan fingerprint density at radius 1 is 0.455 bits per heavy atom. The van der Waals surface area contributed by atoms with Gasteiger partial charge in [-0.3, -0.25) is 24.7 Å². The van der Waals surface area contributed by atoms with E-state index in [1.54, 1.807) is 39.4 Å². The molecule has 0 unspecified atom stereocenters. The second-order valence-corrected chi connectivity index (χ2v) is 39.5. The number of nitrogens with zero attached hydrogens (tertiary/aromatic N) is 23. The topological polar surface area (TPSA) is 419 Å². The zero-order valence-corrected chi connectivity index (χ0v) is 81.7. The summed E-state index contributed by atoms with van der Waals surface area (Å²) in [6, 6.07) is 39.4. The van der Waals surface area contributed by atoms with Crippen molar-refractivity contribution in [3.05, 3.63) is 295 Å². The Labute approximate surface area is 985 Å². The molecule has 0 spiro atoms. The van der Waals surface area contributed by atoms with Gasteiger partial charge in [-0.2, -0.15) is 15.0 Å². The quantitative estimate of drug-likeness (QED) is 0.0422. The van der Waals surface area contributed by atoms with Gasteiger partial charge >= 0.3 is 0 Å². The van der Waals surface area contributed by atoms with Gasteiger partial charge in [0.25, 0.3) is 17.7 Å². The van der Waals surface area contributed by atoms with Crippen LogP contribution in [-0.2, 0) is 65.0 Å². The number of carbonyl (C=O) groups is 2. The normalized spacial score (nSPS) is 25.9. The summed E-state index contributed by atoms with van der Waals surface area (Å²) < 4.78 is 548. The molecular weight excluding hydrogens is 1800 g/mol. The van der Waals surface area contributed by atoms with Crippen LogP contribution in [0.25, 0.3) is 134 Å². The summed E-state index contributed by atoms with van der Waals surface area (Å²) >= 11 is 0. The SMILES string of the molecule is C/C(CC(=O)c1nc(-c2ccnc3ccccc23)nc2c1CC[C@@H]1[C@@H](C)c3oncc3C[C@@]21C)=N/O.CC.Cc1noc(-c2nc(-c3ccnc4ccccc34)nc3c2CC[C@@H]2[C@@H](C)c4oncc4C[C@@]32C)n1.[3HH].[3H][3H].[3H][3H].[3H][3H].[3H][3H].[3H][3H].[3H][3H].[3H][3H].[3H][3H].[3H][3H].[3H][3H].[3H][3H].[3H][3H].[3H][3H].[3H][3H].[3H][3H].[3H][3H].[3H][3H].[3H][3H].[3H][3H].[3H][3H].[3H][3H].[3H][3H].[3H][3H].[3H][3H].[3H][3H].[3H][3H].[3H][3H].[3H][3H].[3H][3H].[3H][3H].[3H][3H].[3H][3H].[3H][3H].[3H][3H].[3H][3H].[3H][3H].[3H][3H].[3H][3H].[3H][3H].[3H][3H].[3H][3H].[3H][3H].[3H][3H].[3H][3H].[3H][3H].[3H][3H].[3H][3H].[3H][3H].[3H][3H].[3H][3H].[3H][3H].[3H][3H].[C-]#[N+]C1=C(O)[C@H](C)[C@H]2CCc3c(-c4nc(C)no4)nc(-c4ccnc5ccccc45)nc3[C@]2(C)C1.[C-]#[N+]C1=C[C@@]2(C)c3nc(-c4ccnc5ccccc45)nc(-c4nc(C)no4)c3CC[C@@H]2[C@@H](C)C1=O. The fourth-order valence-electron chi connectivity index (χ4n) is 24.4. The molecule has 13 heterocycles. The van der Waals surface area contributed by atoms with E-state index in [2.05, 4.69) is 123 Å². The highest BCUT2D eigenvalue weighted by atomic mass is 16.5. The number of hydrogen-bond acceptors (Lipinski definition) is 30. The predicted molar refractivity (Wildman–Crippen MR) is 645 cm³/mol. The highest BCUT2D eigenvalue weighted by molar-refractivity contribution is 6.09. The lowest BCUT2D eigenvalue weighted by Crippen LogP contribution is -2.46. The number of para-hydroxylation sites is 4. The summed E-state index contributed by atoms with van der Waals surface area (Å²) in [5.41, 5.74) is 18.6. The van der Waals surface area contributed by atoms with Crippen LogP contribution in [0.2, 0.25) is 0 Å². The zero-order chi connectivity index (χ0) is 203. The lowest BCUT2D eigenvalue weighted by molar-refractivity contribution is -0.121. The minimum Gasteiger partial charge on any atom is -0.523 e. The molecule has 8 aliphatic rings. The largest absolute Gasteiger partial charge is 0.523 e. The lowest BCUT2D eigenvalue weighted by Gasteiger charge is -2.48. The Bertz CT molecular complexity index is 8420. The molecule has 0 bridgehead atoms. The van der Waals surface area contributed by atoms with Gasteiger partial charge in [-0.1, -0.05) is 179 Å². The molecule has 822 valence electrons. The van der Waals surface area contributed by atoms with Crippen LogP contribution in [0.3, 0.4) is 0 Å². The molecule has 2 N–H and O–H groups in total. The number of Topliss-reactive ketones (excluding diaryl/α,β-unsaturated/α-hetero) is 2. The van der Waals surface area contributed by atoms with Gasteiger partial charge in [0.2, 0.25) is 11.4 Å². The van der Waals surface area contributed by atoms with E-state index in [-0.39, 0.29) is 77.2 Å². The van der Waals surface area contributed by atoms with Gasteiger partial charge in [0, 0.05) is 303 Å². The number of allylic oxidation sites excluding steroid dienone is 4. The first-order chi connectivity index (χ1) is 121. The molecule has 143 heavy (non-hydrogen) atoms. The Hall–Kier alpha value is -16.3. The third-order valence-electron chi connectivity index (χ3n) is 31.1. The lowest BCUT2D eigenvalue weighted by atomic mass is 9.56. The number of aryl methyl sites for hydroxylation is 3. The predicted octanol–water partition coefficient (Wildman–Crippen LogP) is 35.1. The number of fused-ring (bicyclic) bond motifs is 18. The van der Waals surface area contributed by atoms with Gasteiger partial charge in [-0.25, -0.2) is 49.6 Å². The number of carbonyl (C=O) groups excluding carboxylic acids is 2. The fourth-order valence-corrected chi connectivity index (χ4v) is 24.4. The molecule has 13 aromatic heterocycles. The van der Waals surface area contributed by atoms with Crippen LogP contribution in [0.5, 0.6) is 0 Å². The van der Waals surface area contributed by atoms with E-state index in [4.69, 9.17) is 230 Å². The number of oxime groups is 1. The average Bonchev–Trinajstić information content (AvgIpc) is 1.69. The molecule has 8 aliphatic carbocycles. The van der Waals surface area contributed by atoms with Crippen molar-refractivity contribution in [2.75, 3.05) is 0 Å². The Kier molecular flexibility index (Phi) is 13.0. The first-order valence-electron chi connectivity index (χ1n) is 101. The van der Waals surface area contributed by atoms with Crippen molar-refractivity contribution in [1.82, 2.24) is 101 Å². The number of aromatic nitrogens is 20. The third-order valence-corrected chi connectivity index (χ3v) is 31.1. The first-order valence-corrected chi connectivity index (χ1v) is 48.7. The summed E-state index contributed by atoms with van der Waals surface area (Å²) in [6.07, 6.45) is 21.1. The van der Waals surface area contributed by atoms with Gasteiger partial charge in [0.05, 0.1) is 88.3 Å². The summed E-state index contributed by atoms with van der Waals surface area (Å²) in [5, 5.41) is 47.2. The molecule has 17 aromatic rings. The van der Waals surface area contributed by atoms with Gasteiger partial charge in [-0.15, -0.1) is 0 Å². The molecule has 0 saturated carbocycles. The second-order valence-electron chi connectivity index (χ2n) is 39.5. The Balaban J connectivity index is -0.0000000678. The molecule has 0 amide bonds. The van der Waals surface area contributed by atoms with Crippen LogP contribution in [0.1, 0.15) is 378 Å². The number of rotatable bonds is 10. The number of benzene rings is 4. The molecule has 0 fully saturated rings. The van der Waals surface area contributed by atoms with E-state index in [0.717, 1.165) is 191 Å². The summed E-state index contributed by atoms with van der Waals surface area (Å²) in [6.45, 7) is 43.5. The molecule has 4 aromatic carbocycles. The molecule has 32 heteroatoms. The van der Waals surface area contributed by atoms with Crippen molar-refractivity contribution in [1.29, 1.82) is 0 Å². The van der Waals surface area contributed by atoms with E-state index in [9.17, 15) is 19.9 Å². The van der Waals surface area contributed by atoms with Crippen LogP contribution >= 0.6 is 0 Å². The molecule has 32 nitrogen and oxygen atoms in total. The number of hydrogen-bond donors (Lipinski definition) is 2. The van der Waals surface area contributed by atoms with Crippen LogP contribution in [0.15, 0.2) is 210 Å². The third kappa shape index (κ3) is 15.8. The van der Waals surface area contributed by atoms with Crippen LogP contribution in [0.4, 0.5) is 0 Å². The highest BCUT2D eigenvalue weighted by Crippen LogP contribution is 2.59. The van der Waals surface area contributed by atoms with E-state index in [1.807, 2.05) is 175 Å². The zero-order valence-electron chi connectivity index (χ0n) is 186. The maximum atomic E-state index is 13.5. The van der Waals surface area contributed by atoms with Crippen molar-refractivity contribution in [2.45, 2.75) is 207 Å². The number of ketones is 2. The summed E-state index contributed by atoms with van der Waals surface area (Å²) in [4.78, 5) is 106. The smallest absolute Gasteiger partial charge is 0.276 e. The van der Waals surface area contributed by atoms with E-state index >= 15 is 0 Å². The molecular formula is C111H209N23O9. The van der Waals surface area contributed by atoms with Crippen molar-refractivity contribution >= 4 is 60.9 Å². The van der Waals surface area contributed by atoms with Crippen LogP contribution < -0.4 is 0 Å². The van der Waals surface area contributed by atoms with E-state index in [1.165, 1.54) is 0 Å². The van der Waals surface area contributed by atoms with Gasteiger partial charge in [0.15, 0.2) is 52.3 Å². The molecule has 0 aliphatic heterocycles. The van der Waals surface area contributed by atoms with Gasteiger partial charge in [-0.05, 0) is 171 Å². The second kappa shape index (κ2) is 36.8. The summed E-state index contributed by atoms with van der Waals surface area (Å²) in [7, 11) is 0. The van der Waals surface area contributed by atoms with Crippen LogP contribution in [-0.4, -0.2) is 128 Å². The van der Waals surface area contributed by atoms with Gasteiger partial charge in [0.1, 0.15) is 34.3 Å². The maximum absolute atomic E-state index is 13.5. The number of aliphatic hydroxyl groups is 1. The molecule has 12 atom stereocenters. The van der Waals surface area contributed by atoms with Crippen molar-refractivity contribution in [3.8, 4) is 80.3 Å². The minimum atomic E-state index is -0.606. The average molecular weight is 2220 g/mol. The van der Waals surface area contributed by atoms with Crippen LogP contribution in [0, 0.1) is 69.4 Å². The Morgan fingerprint density at radius 2 is 0.811 bits per heavy atom. The monoisotopic (exact) mass is 2220 g/mol. The Morgan fingerprint density at radius 3 is 1.20 bits per heavy atom.